The highest BCUT2D eigenvalue weighted by molar-refractivity contribution is 14.0. The van der Waals surface area contributed by atoms with Gasteiger partial charge in [-0.25, -0.2) is 0 Å². The van der Waals surface area contributed by atoms with E-state index in [-0.39, 0.29) is 29.9 Å². The zero-order valence-corrected chi connectivity index (χ0v) is 15.7. The molecule has 7 heteroatoms. The van der Waals surface area contributed by atoms with Crippen LogP contribution in [-0.2, 0) is 4.79 Å². The van der Waals surface area contributed by atoms with Crippen LogP contribution in [0.4, 0.5) is 0 Å². The number of hydrogen-bond acceptors (Lipinski definition) is 3. The van der Waals surface area contributed by atoms with Crippen LogP contribution in [0.2, 0.25) is 0 Å². The number of carbonyl (C=O) groups is 1. The Hall–Kier alpha value is -0.570. The number of primary amides is 1. The highest BCUT2D eigenvalue weighted by atomic mass is 127. The smallest absolute Gasteiger partial charge is 0.217 e. The third kappa shape index (κ3) is 5.57. The minimum Gasteiger partial charge on any atom is -0.388 e. The van der Waals surface area contributed by atoms with Crippen LogP contribution in [0.1, 0.15) is 45.4 Å². The fourth-order valence-electron chi connectivity index (χ4n) is 3.10. The largest absolute Gasteiger partial charge is 0.388 e. The van der Waals surface area contributed by atoms with Crippen LogP contribution in [0, 0.1) is 5.92 Å². The quantitative estimate of drug-likeness (QED) is 0.350. The molecule has 6 nitrogen and oxygen atoms in total. The summed E-state index contributed by atoms with van der Waals surface area (Å²) in [6.07, 6.45) is 5.32. The number of halogens is 1. The van der Waals surface area contributed by atoms with Gasteiger partial charge in [0.25, 0.3) is 0 Å². The number of hydrogen-bond donors (Lipinski definition) is 3. The number of carbonyl (C=O) groups excluding carboxylic acids is 1. The van der Waals surface area contributed by atoms with Crippen molar-refractivity contribution in [3.8, 4) is 0 Å². The Labute approximate surface area is 149 Å². The van der Waals surface area contributed by atoms with E-state index in [0.717, 1.165) is 57.7 Å². The number of likely N-dealkylation sites (tertiary alicyclic amines) is 1. The molecule has 2 aliphatic rings. The van der Waals surface area contributed by atoms with E-state index >= 15 is 0 Å². The molecule has 128 valence electrons. The second-order valence-electron chi connectivity index (χ2n) is 6.37. The van der Waals surface area contributed by atoms with E-state index in [4.69, 9.17) is 5.73 Å². The van der Waals surface area contributed by atoms with Crippen LogP contribution in [0.5, 0.6) is 0 Å². The summed E-state index contributed by atoms with van der Waals surface area (Å²) in [4.78, 5) is 17.9. The SMILES string of the molecule is CCNC(=NCC1(O)CCC1)N1CCCC(CC(N)=O)C1.I. The summed E-state index contributed by atoms with van der Waals surface area (Å²) in [6.45, 7) is 5.06. The van der Waals surface area contributed by atoms with Crippen LogP contribution in [0.25, 0.3) is 0 Å². The number of aliphatic imine (C=N–C) groups is 1. The van der Waals surface area contributed by atoms with E-state index in [1.54, 1.807) is 0 Å². The first-order chi connectivity index (χ1) is 10.0. The highest BCUT2D eigenvalue weighted by Crippen LogP contribution is 2.31. The second-order valence-corrected chi connectivity index (χ2v) is 6.37. The molecule has 2 rings (SSSR count). The topological polar surface area (TPSA) is 91.0 Å². The summed E-state index contributed by atoms with van der Waals surface area (Å²) >= 11 is 0. The lowest BCUT2D eigenvalue weighted by Crippen LogP contribution is -2.48. The van der Waals surface area contributed by atoms with Crippen LogP contribution >= 0.6 is 24.0 Å². The first-order valence-corrected chi connectivity index (χ1v) is 8.06. The predicted octanol–water partition coefficient (Wildman–Crippen LogP) is 1.07. The lowest BCUT2D eigenvalue weighted by atomic mass is 9.80. The first kappa shape index (κ1) is 19.5. The molecule has 1 atom stereocenters. The van der Waals surface area contributed by atoms with Gasteiger partial charge in [0.15, 0.2) is 5.96 Å². The number of piperidine rings is 1. The summed E-state index contributed by atoms with van der Waals surface area (Å²) in [5.41, 5.74) is 4.71. The van der Waals surface area contributed by atoms with Gasteiger partial charge in [-0.1, -0.05) is 0 Å². The molecule has 1 saturated heterocycles. The van der Waals surface area contributed by atoms with Crippen molar-refractivity contribution in [3.05, 3.63) is 0 Å². The van der Waals surface area contributed by atoms with Crippen molar-refractivity contribution in [2.75, 3.05) is 26.2 Å². The molecule has 2 fully saturated rings. The molecule has 1 unspecified atom stereocenters. The molecular formula is C15H29IN4O2. The maximum absolute atomic E-state index is 11.1. The molecule has 22 heavy (non-hydrogen) atoms. The Morgan fingerprint density at radius 2 is 2.18 bits per heavy atom. The van der Waals surface area contributed by atoms with Gasteiger partial charge in [-0.3, -0.25) is 9.79 Å². The number of nitrogens with two attached hydrogens (primary N) is 1. The van der Waals surface area contributed by atoms with Gasteiger partial charge in [0.2, 0.25) is 5.91 Å². The molecule has 1 heterocycles. The van der Waals surface area contributed by atoms with Gasteiger partial charge in [0, 0.05) is 26.1 Å². The Morgan fingerprint density at radius 1 is 1.45 bits per heavy atom. The number of rotatable bonds is 5. The summed E-state index contributed by atoms with van der Waals surface area (Å²) in [5, 5.41) is 13.5. The minimum atomic E-state index is -0.594. The fourth-order valence-corrected chi connectivity index (χ4v) is 3.10. The van der Waals surface area contributed by atoms with Crippen molar-refractivity contribution in [2.45, 2.75) is 51.0 Å². The van der Waals surface area contributed by atoms with E-state index in [0.29, 0.717) is 18.9 Å². The first-order valence-electron chi connectivity index (χ1n) is 8.06. The highest BCUT2D eigenvalue weighted by Gasteiger charge is 2.34. The van der Waals surface area contributed by atoms with Crippen molar-refractivity contribution in [1.29, 1.82) is 0 Å². The monoisotopic (exact) mass is 424 g/mol. The van der Waals surface area contributed by atoms with E-state index in [1.165, 1.54) is 0 Å². The van der Waals surface area contributed by atoms with Crippen molar-refractivity contribution in [2.24, 2.45) is 16.6 Å². The Kier molecular flexibility index (Phi) is 7.88. The molecule has 0 bridgehead atoms. The van der Waals surface area contributed by atoms with Crippen molar-refractivity contribution in [3.63, 3.8) is 0 Å². The van der Waals surface area contributed by atoms with Gasteiger partial charge in [-0.15, -0.1) is 24.0 Å². The van der Waals surface area contributed by atoms with Crippen molar-refractivity contribution in [1.82, 2.24) is 10.2 Å². The van der Waals surface area contributed by atoms with E-state index in [2.05, 4.69) is 15.2 Å². The molecule has 1 amide bonds. The Bertz CT molecular complexity index is 399. The van der Waals surface area contributed by atoms with Gasteiger partial charge in [-0.05, 0) is 44.9 Å². The third-order valence-electron chi connectivity index (χ3n) is 4.45. The lowest BCUT2D eigenvalue weighted by molar-refractivity contribution is -0.119. The third-order valence-corrected chi connectivity index (χ3v) is 4.45. The Balaban J connectivity index is 0.00000242. The number of guanidine groups is 1. The normalized spacial score (nSPS) is 24.2. The fraction of sp³-hybridized carbons (Fsp3) is 0.867. The summed E-state index contributed by atoms with van der Waals surface area (Å²) in [7, 11) is 0. The van der Waals surface area contributed by atoms with Crippen LogP contribution in [0.3, 0.4) is 0 Å². The molecule has 0 aromatic carbocycles. The van der Waals surface area contributed by atoms with Crippen molar-refractivity contribution < 1.29 is 9.90 Å². The van der Waals surface area contributed by atoms with Crippen LogP contribution < -0.4 is 11.1 Å². The van der Waals surface area contributed by atoms with E-state index < -0.39 is 5.60 Å². The van der Waals surface area contributed by atoms with Gasteiger partial charge in [0.05, 0.1) is 12.1 Å². The number of nitrogens with zero attached hydrogens (tertiary/aromatic N) is 2. The molecule has 4 N–H and O–H groups in total. The minimum absolute atomic E-state index is 0. The summed E-state index contributed by atoms with van der Waals surface area (Å²) < 4.78 is 0. The molecule has 0 aromatic rings. The standard InChI is InChI=1S/C15H28N4O2.HI/c1-2-17-14(18-11-15(21)6-4-7-15)19-8-3-5-12(10-19)9-13(16)20;/h12,21H,2-11H2,1H3,(H2,16,20)(H,17,18);1H. The Morgan fingerprint density at radius 3 is 2.73 bits per heavy atom. The molecule has 1 saturated carbocycles. The van der Waals surface area contributed by atoms with Gasteiger partial charge in [-0.2, -0.15) is 0 Å². The average Bonchev–Trinajstić information content (AvgIpc) is 2.41. The molecule has 1 aliphatic heterocycles. The van der Waals surface area contributed by atoms with E-state index in [9.17, 15) is 9.90 Å². The maximum atomic E-state index is 11.1. The predicted molar refractivity (Wildman–Crippen MR) is 98.3 cm³/mol. The van der Waals surface area contributed by atoms with Crippen LogP contribution in [0.15, 0.2) is 4.99 Å². The second kappa shape index (κ2) is 8.90. The molecule has 0 aromatic heterocycles. The van der Waals surface area contributed by atoms with Crippen molar-refractivity contribution >= 4 is 35.8 Å². The molecular weight excluding hydrogens is 395 g/mol. The number of nitrogens with one attached hydrogen (secondary N) is 1. The van der Waals surface area contributed by atoms with Gasteiger partial charge in [0.1, 0.15) is 0 Å². The molecule has 1 aliphatic carbocycles. The summed E-state index contributed by atoms with van der Waals surface area (Å²) in [5.74, 6) is 0.937. The lowest BCUT2D eigenvalue weighted by Gasteiger charge is -2.37. The zero-order valence-electron chi connectivity index (χ0n) is 13.4. The average molecular weight is 424 g/mol. The molecule has 0 spiro atoms. The van der Waals surface area contributed by atoms with Gasteiger partial charge >= 0.3 is 0 Å². The summed E-state index contributed by atoms with van der Waals surface area (Å²) in [6, 6.07) is 0. The molecule has 0 radical (unpaired) electrons. The number of amides is 1. The zero-order chi connectivity index (χ0) is 15.3. The van der Waals surface area contributed by atoms with Gasteiger partial charge < -0.3 is 21.1 Å². The number of aliphatic hydroxyl groups is 1. The maximum Gasteiger partial charge on any atom is 0.217 e. The van der Waals surface area contributed by atoms with E-state index in [1.807, 2.05) is 6.92 Å². The van der Waals surface area contributed by atoms with Crippen LogP contribution in [-0.4, -0.2) is 53.7 Å².